The van der Waals surface area contributed by atoms with Crippen molar-refractivity contribution in [3.05, 3.63) is 84.0 Å². The summed E-state index contributed by atoms with van der Waals surface area (Å²) in [5, 5.41) is 0. The molecule has 7 heteroatoms. The maximum atomic E-state index is 13.3. The highest BCUT2D eigenvalue weighted by Gasteiger charge is 2.44. The van der Waals surface area contributed by atoms with Crippen molar-refractivity contribution in [2.75, 3.05) is 0 Å². The van der Waals surface area contributed by atoms with Gasteiger partial charge in [0.05, 0.1) is 9.79 Å². The van der Waals surface area contributed by atoms with E-state index in [4.69, 9.17) is 0 Å². The Kier molecular flexibility index (Phi) is 5.20. The van der Waals surface area contributed by atoms with Gasteiger partial charge < -0.3 is 0 Å². The van der Waals surface area contributed by atoms with Crippen LogP contribution in [-0.2, 0) is 18.9 Å². The van der Waals surface area contributed by atoms with E-state index in [1.54, 1.807) is 48.6 Å². The first kappa shape index (κ1) is 19.0. The van der Waals surface area contributed by atoms with E-state index in [2.05, 4.69) is 0 Å². The van der Waals surface area contributed by atoms with Crippen LogP contribution in [0.3, 0.4) is 0 Å². The molecule has 2 aromatic carbocycles. The van der Waals surface area contributed by atoms with Gasteiger partial charge in [-0.05, 0) is 38.1 Å². The van der Waals surface area contributed by atoms with Gasteiger partial charge in [-0.3, -0.25) is 0 Å². The molecule has 0 saturated carbocycles. The molecule has 2 aromatic rings. The molecule has 1 aliphatic carbocycles. The van der Waals surface area contributed by atoms with Gasteiger partial charge in [0, 0.05) is 5.66 Å². The Morgan fingerprint density at radius 3 is 1.35 bits per heavy atom. The van der Waals surface area contributed by atoms with Crippen LogP contribution in [0.2, 0.25) is 0 Å². The first-order chi connectivity index (χ1) is 12.2. The van der Waals surface area contributed by atoms with Crippen molar-refractivity contribution in [3.63, 3.8) is 0 Å². The van der Waals surface area contributed by atoms with Crippen molar-refractivity contribution in [1.82, 2.24) is 0 Å². The van der Waals surface area contributed by atoms with E-state index >= 15 is 0 Å². The summed E-state index contributed by atoms with van der Waals surface area (Å²) in [5.74, 6) is 0. The van der Waals surface area contributed by atoms with Gasteiger partial charge in [-0.2, -0.15) is 0 Å². The van der Waals surface area contributed by atoms with Crippen LogP contribution >= 0.6 is 6.33 Å². The highest BCUT2D eigenvalue weighted by atomic mass is 33.1. The molecule has 0 atom stereocenters. The maximum absolute atomic E-state index is 13.3. The molecule has 1 aliphatic rings. The molecule has 136 valence electrons. The maximum Gasteiger partial charge on any atom is 0.211 e. The molecule has 0 saturated heterocycles. The average Bonchev–Trinajstić information content (AvgIpc) is 3.09. The molecule has 0 radical (unpaired) electrons. The van der Waals surface area contributed by atoms with Crippen LogP contribution in [0, 0.1) is 13.8 Å². The topological polar surface area (TPSA) is 68.3 Å². The number of aryl methyl sites for hydroxylation is 2. The molecule has 0 N–H and O–H groups in total. The second kappa shape index (κ2) is 7.10. The Morgan fingerprint density at radius 1 is 0.654 bits per heavy atom. The standard InChI is InChI=1S/C19H19O4PS2/c1-15-7-11-18(12-8-15)25(20,21)24(17-5-3-4-6-17)26(22,23)19-13-9-16(2)10-14-19/h3-14,17H,1-2H3. The van der Waals surface area contributed by atoms with Crippen molar-refractivity contribution >= 4 is 25.2 Å². The fourth-order valence-corrected chi connectivity index (χ4v) is 14.8. The predicted molar refractivity (Wildman–Crippen MR) is 106 cm³/mol. The highest BCUT2D eigenvalue weighted by molar-refractivity contribution is 8.82. The van der Waals surface area contributed by atoms with Crippen LogP contribution in [0.5, 0.6) is 0 Å². The third kappa shape index (κ3) is 3.54. The van der Waals surface area contributed by atoms with E-state index in [9.17, 15) is 16.8 Å². The molecular weight excluding hydrogens is 387 g/mol. The summed E-state index contributed by atoms with van der Waals surface area (Å²) in [5.41, 5.74) is 1.16. The molecule has 0 aliphatic heterocycles. The lowest BCUT2D eigenvalue weighted by molar-refractivity contribution is 0.606. The van der Waals surface area contributed by atoms with Crippen molar-refractivity contribution < 1.29 is 16.8 Å². The second-order valence-electron chi connectivity index (χ2n) is 6.12. The summed E-state index contributed by atoms with van der Waals surface area (Å²) in [7, 11) is -8.09. The summed E-state index contributed by atoms with van der Waals surface area (Å²) in [6, 6.07) is 12.6. The Labute approximate surface area is 155 Å². The van der Waals surface area contributed by atoms with Gasteiger partial charge in [0.1, 0.15) is 0 Å². The van der Waals surface area contributed by atoms with Gasteiger partial charge in [0.2, 0.25) is 18.9 Å². The van der Waals surface area contributed by atoms with E-state index in [0.29, 0.717) is 0 Å². The first-order valence-electron chi connectivity index (χ1n) is 8.01. The van der Waals surface area contributed by atoms with E-state index in [0.717, 1.165) is 11.1 Å². The molecule has 0 bridgehead atoms. The minimum Gasteiger partial charge on any atom is -0.218 e. The number of allylic oxidation sites excluding steroid dienone is 4. The first-order valence-corrected chi connectivity index (χ1v) is 13.6. The molecule has 0 aromatic heterocycles. The average molecular weight is 406 g/mol. The minimum absolute atomic E-state index is 0.0404. The Bertz CT molecular complexity index is 978. The smallest absolute Gasteiger partial charge is 0.211 e. The van der Waals surface area contributed by atoms with Crippen LogP contribution in [0.15, 0.2) is 82.6 Å². The number of hydrogen-bond acceptors (Lipinski definition) is 4. The van der Waals surface area contributed by atoms with E-state index in [-0.39, 0.29) is 9.79 Å². The number of rotatable bonds is 5. The third-order valence-electron chi connectivity index (χ3n) is 4.08. The van der Waals surface area contributed by atoms with Crippen molar-refractivity contribution in [2.24, 2.45) is 0 Å². The van der Waals surface area contributed by atoms with E-state index in [1.165, 1.54) is 24.3 Å². The van der Waals surface area contributed by atoms with Gasteiger partial charge in [0.25, 0.3) is 0 Å². The lowest BCUT2D eigenvalue weighted by Crippen LogP contribution is -2.15. The molecule has 0 amide bonds. The zero-order chi connectivity index (χ0) is 18.9. The van der Waals surface area contributed by atoms with Gasteiger partial charge in [0.15, 0.2) is 6.33 Å². The fraction of sp³-hybridized carbons (Fsp3) is 0.158. The van der Waals surface area contributed by atoms with Gasteiger partial charge in [-0.15, -0.1) is 0 Å². The van der Waals surface area contributed by atoms with Gasteiger partial charge in [-0.1, -0.05) is 59.7 Å². The number of benzene rings is 2. The zero-order valence-corrected chi connectivity index (χ0v) is 16.9. The molecule has 0 spiro atoms. The summed E-state index contributed by atoms with van der Waals surface area (Å²) >= 11 is 0. The Hall–Kier alpha value is -1.75. The summed E-state index contributed by atoms with van der Waals surface area (Å²) < 4.78 is 53.2. The second-order valence-corrected chi connectivity index (χ2v) is 16.1. The molecule has 0 heterocycles. The summed E-state index contributed by atoms with van der Waals surface area (Å²) in [6.07, 6.45) is 4.21. The Balaban J connectivity index is 2.17. The van der Waals surface area contributed by atoms with Crippen LogP contribution in [0.1, 0.15) is 11.1 Å². The SMILES string of the molecule is Cc1ccc(S(=O)(=O)P(C2C=CC=C2)S(=O)(=O)c2ccc(C)cc2)cc1. The largest absolute Gasteiger partial charge is 0.218 e. The monoisotopic (exact) mass is 406 g/mol. The predicted octanol–water partition coefficient (Wildman–Crippen LogP) is 4.36. The molecule has 0 unspecified atom stereocenters. The van der Waals surface area contributed by atoms with Crippen LogP contribution in [0.4, 0.5) is 0 Å². The Morgan fingerprint density at radius 2 is 1.00 bits per heavy atom. The zero-order valence-electron chi connectivity index (χ0n) is 14.4. The molecule has 26 heavy (non-hydrogen) atoms. The quantitative estimate of drug-likeness (QED) is 0.692. The van der Waals surface area contributed by atoms with Crippen molar-refractivity contribution in [1.29, 1.82) is 0 Å². The van der Waals surface area contributed by atoms with Gasteiger partial charge >= 0.3 is 0 Å². The molecule has 4 nitrogen and oxygen atoms in total. The van der Waals surface area contributed by atoms with Crippen LogP contribution in [-0.4, -0.2) is 22.5 Å². The fourth-order valence-electron chi connectivity index (χ4n) is 2.64. The molecule has 3 rings (SSSR count). The van der Waals surface area contributed by atoms with Crippen LogP contribution in [0.25, 0.3) is 0 Å². The summed E-state index contributed by atoms with van der Waals surface area (Å²) in [4.78, 5) is 0.0807. The highest BCUT2D eigenvalue weighted by Crippen LogP contribution is 2.60. The van der Waals surface area contributed by atoms with Crippen molar-refractivity contribution in [3.8, 4) is 0 Å². The minimum atomic E-state index is -4.04. The van der Waals surface area contributed by atoms with E-state index in [1.807, 2.05) is 13.8 Å². The summed E-state index contributed by atoms with van der Waals surface area (Å²) in [6.45, 7) is 3.70. The van der Waals surface area contributed by atoms with Gasteiger partial charge in [-0.25, -0.2) is 16.8 Å². The third-order valence-corrected chi connectivity index (χ3v) is 16.7. The van der Waals surface area contributed by atoms with E-state index < -0.39 is 30.9 Å². The lowest BCUT2D eigenvalue weighted by Gasteiger charge is -2.22. The molecular formula is C19H19O4PS2. The normalized spacial score (nSPS) is 15.0. The van der Waals surface area contributed by atoms with Crippen LogP contribution < -0.4 is 0 Å². The number of hydrogen-bond donors (Lipinski definition) is 0. The van der Waals surface area contributed by atoms with Crippen molar-refractivity contribution in [2.45, 2.75) is 29.3 Å². The molecule has 0 fully saturated rings. The lowest BCUT2D eigenvalue weighted by atomic mass is 10.2.